The average molecular weight is 335 g/mol. The highest BCUT2D eigenvalue weighted by atomic mass is 16.1. The Kier molecular flexibility index (Phi) is 4.63. The van der Waals surface area contributed by atoms with Crippen molar-refractivity contribution in [1.29, 1.82) is 0 Å². The molecule has 2 aromatic rings. The quantitative estimate of drug-likeness (QED) is 0.444. The van der Waals surface area contributed by atoms with Crippen LogP contribution in [-0.4, -0.2) is 14.5 Å². The predicted molar refractivity (Wildman–Crippen MR) is 99.7 cm³/mol. The molecule has 0 bridgehead atoms. The minimum Gasteiger partial charge on any atom is -0.292 e. The van der Waals surface area contributed by atoms with E-state index in [0.717, 1.165) is 16.8 Å². The fourth-order valence-corrected chi connectivity index (χ4v) is 2.80. The first-order chi connectivity index (χ1) is 12.0. The van der Waals surface area contributed by atoms with E-state index in [4.69, 9.17) is 5.84 Å². The van der Waals surface area contributed by atoms with E-state index in [-0.39, 0.29) is 11.6 Å². The molecule has 2 aliphatic rings. The number of nitrogens with zero attached hydrogens (tertiary/aromatic N) is 3. The second-order valence-electron chi connectivity index (χ2n) is 5.90. The van der Waals surface area contributed by atoms with Crippen molar-refractivity contribution in [3.05, 3.63) is 69.9 Å². The van der Waals surface area contributed by atoms with Gasteiger partial charge in [-0.15, -0.1) is 0 Å². The number of para-hydroxylation sites is 1. The first-order valence-electron chi connectivity index (χ1n) is 8.18. The SMILES string of the molecule is CCc1nc(NN)nc(=O)n1-c1c(C)cccc1C.c1cc2ccc1-2. The van der Waals surface area contributed by atoms with Crippen molar-refractivity contribution in [2.24, 2.45) is 5.84 Å². The van der Waals surface area contributed by atoms with E-state index < -0.39 is 0 Å². The molecular weight excluding hydrogens is 314 g/mol. The van der Waals surface area contributed by atoms with Crippen molar-refractivity contribution in [2.75, 3.05) is 5.43 Å². The zero-order valence-electron chi connectivity index (χ0n) is 14.6. The highest BCUT2D eigenvalue weighted by Crippen LogP contribution is 2.29. The first kappa shape index (κ1) is 16.9. The summed E-state index contributed by atoms with van der Waals surface area (Å²) in [4.78, 5) is 20.3. The summed E-state index contributed by atoms with van der Waals surface area (Å²) in [5, 5.41) is 0. The summed E-state index contributed by atoms with van der Waals surface area (Å²) in [7, 11) is 0. The highest BCUT2D eigenvalue weighted by molar-refractivity contribution is 5.75. The summed E-state index contributed by atoms with van der Waals surface area (Å²) >= 11 is 0. The van der Waals surface area contributed by atoms with Gasteiger partial charge >= 0.3 is 5.69 Å². The van der Waals surface area contributed by atoms with Gasteiger partial charge in [0.25, 0.3) is 0 Å². The molecule has 2 aliphatic carbocycles. The number of hydrazine groups is 1. The van der Waals surface area contributed by atoms with Crippen LogP contribution < -0.4 is 17.0 Å². The lowest BCUT2D eigenvalue weighted by Gasteiger charge is -2.15. The maximum absolute atomic E-state index is 12.2. The number of aromatic nitrogens is 3. The number of nitrogens with two attached hydrogens (primary N) is 1. The monoisotopic (exact) mass is 335 g/mol. The number of rotatable bonds is 3. The predicted octanol–water partition coefficient (Wildman–Crippen LogP) is 2.76. The molecule has 3 N–H and O–H groups in total. The van der Waals surface area contributed by atoms with Crippen LogP contribution in [0.1, 0.15) is 23.9 Å². The fourth-order valence-electron chi connectivity index (χ4n) is 2.80. The molecule has 25 heavy (non-hydrogen) atoms. The molecule has 0 radical (unpaired) electrons. The van der Waals surface area contributed by atoms with E-state index in [1.54, 1.807) is 4.57 Å². The van der Waals surface area contributed by atoms with Gasteiger partial charge in [0, 0.05) is 6.42 Å². The van der Waals surface area contributed by atoms with E-state index in [2.05, 4.69) is 39.7 Å². The normalized spacial score (nSPS) is 10.7. The molecule has 1 aromatic heterocycles. The van der Waals surface area contributed by atoms with Gasteiger partial charge < -0.3 is 0 Å². The number of benzene rings is 2. The Morgan fingerprint density at radius 2 is 1.56 bits per heavy atom. The third-order valence-electron chi connectivity index (χ3n) is 4.21. The average Bonchev–Trinajstić information content (AvgIpc) is 2.59. The molecule has 0 fully saturated rings. The van der Waals surface area contributed by atoms with E-state index in [0.29, 0.717) is 12.2 Å². The Hall–Kier alpha value is -2.99. The van der Waals surface area contributed by atoms with Crippen molar-refractivity contribution in [3.8, 4) is 16.8 Å². The first-order valence-corrected chi connectivity index (χ1v) is 8.18. The molecule has 1 aromatic carbocycles. The molecule has 4 rings (SSSR count). The van der Waals surface area contributed by atoms with Crippen molar-refractivity contribution in [3.63, 3.8) is 0 Å². The molecule has 0 atom stereocenters. The number of hydrogen-bond acceptors (Lipinski definition) is 5. The minimum atomic E-state index is -0.378. The molecule has 6 nitrogen and oxygen atoms in total. The van der Waals surface area contributed by atoms with Crippen molar-refractivity contribution in [1.82, 2.24) is 14.5 Å². The third kappa shape index (κ3) is 3.16. The molecule has 0 spiro atoms. The topological polar surface area (TPSA) is 85.8 Å². The number of aryl methyl sites for hydroxylation is 3. The Morgan fingerprint density at radius 1 is 1.00 bits per heavy atom. The maximum atomic E-state index is 12.2. The van der Waals surface area contributed by atoms with E-state index in [9.17, 15) is 4.79 Å². The molecular formula is C19H21N5O. The number of anilines is 1. The van der Waals surface area contributed by atoms with Gasteiger partial charge in [-0.25, -0.2) is 15.2 Å². The van der Waals surface area contributed by atoms with Gasteiger partial charge in [0.15, 0.2) is 0 Å². The summed E-state index contributed by atoms with van der Waals surface area (Å²) in [6.07, 6.45) is 0.611. The number of hydrogen-bond donors (Lipinski definition) is 2. The van der Waals surface area contributed by atoms with Gasteiger partial charge in [0.1, 0.15) is 5.82 Å². The number of fused-ring (bicyclic) bond motifs is 1. The number of nitrogen functional groups attached to an aromatic ring is 1. The summed E-state index contributed by atoms with van der Waals surface area (Å²) in [6.45, 7) is 5.86. The van der Waals surface area contributed by atoms with Crippen LogP contribution in [0.2, 0.25) is 0 Å². The van der Waals surface area contributed by atoms with Crippen LogP contribution in [0.25, 0.3) is 16.8 Å². The second-order valence-corrected chi connectivity index (χ2v) is 5.90. The summed E-state index contributed by atoms with van der Waals surface area (Å²) in [5.74, 6) is 6.04. The van der Waals surface area contributed by atoms with Crippen LogP contribution in [0, 0.1) is 13.8 Å². The van der Waals surface area contributed by atoms with Crippen LogP contribution in [0.5, 0.6) is 0 Å². The van der Waals surface area contributed by atoms with Crippen molar-refractivity contribution in [2.45, 2.75) is 27.2 Å². The minimum absolute atomic E-state index is 0.143. The van der Waals surface area contributed by atoms with Crippen molar-refractivity contribution >= 4 is 5.95 Å². The van der Waals surface area contributed by atoms with E-state index >= 15 is 0 Å². The lowest BCUT2D eigenvalue weighted by Crippen LogP contribution is -2.29. The van der Waals surface area contributed by atoms with Crippen molar-refractivity contribution < 1.29 is 0 Å². The van der Waals surface area contributed by atoms with Crippen LogP contribution in [0.15, 0.2) is 47.3 Å². The fraction of sp³-hybridized carbons (Fsp3) is 0.211. The number of nitrogens with one attached hydrogen (secondary N) is 1. The zero-order chi connectivity index (χ0) is 18.0. The van der Waals surface area contributed by atoms with Gasteiger partial charge in [-0.1, -0.05) is 49.4 Å². The molecule has 0 aliphatic heterocycles. The van der Waals surface area contributed by atoms with Crippen LogP contribution in [0.3, 0.4) is 0 Å². The van der Waals surface area contributed by atoms with Gasteiger partial charge in [0.2, 0.25) is 5.95 Å². The van der Waals surface area contributed by atoms with Gasteiger partial charge in [-0.2, -0.15) is 9.97 Å². The second kappa shape index (κ2) is 6.86. The molecule has 1 heterocycles. The Morgan fingerprint density at radius 3 is 1.96 bits per heavy atom. The highest BCUT2D eigenvalue weighted by Gasteiger charge is 2.13. The zero-order valence-corrected chi connectivity index (χ0v) is 14.6. The Bertz CT molecular complexity index is 919. The van der Waals surface area contributed by atoms with Gasteiger partial charge in [-0.3, -0.25) is 5.43 Å². The molecule has 6 heteroatoms. The van der Waals surface area contributed by atoms with Crippen LogP contribution in [0.4, 0.5) is 5.95 Å². The van der Waals surface area contributed by atoms with E-state index in [1.807, 2.05) is 39.0 Å². The van der Waals surface area contributed by atoms with Crippen LogP contribution in [-0.2, 0) is 6.42 Å². The molecule has 0 saturated carbocycles. The Labute approximate surface area is 146 Å². The summed E-state index contributed by atoms with van der Waals surface area (Å²) in [6, 6.07) is 14.4. The Balaban J connectivity index is 0.000000250. The standard InChI is InChI=1S/C13H17N5O.C6H4/c1-4-10-15-12(17-14)16-13(19)18(10)11-8(2)6-5-7-9(11)3;1-2-6-4-3-5(1)6/h5-7H,4,14H2,1-3H3,(H,16,17,19);1-4H. The summed E-state index contributed by atoms with van der Waals surface area (Å²) < 4.78 is 1.55. The molecule has 0 unspecified atom stereocenters. The molecule has 128 valence electrons. The lowest BCUT2D eigenvalue weighted by atomic mass is 9.95. The third-order valence-corrected chi connectivity index (χ3v) is 4.21. The van der Waals surface area contributed by atoms with Crippen LogP contribution >= 0.6 is 0 Å². The smallest absolute Gasteiger partial charge is 0.292 e. The van der Waals surface area contributed by atoms with Gasteiger partial charge in [0.05, 0.1) is 5.69 Å². The lowest BCUT2D eigenvalue weighted by molar-refractivity contribution is 0.763. The molecule has 0 amide bonds. The largest absolute Gasteiger partial charge is 0.356 e. The van der Waals surface area contributed by atoms with Gasteiger partial charge in [-0.05, 0) is 36.1 Å². The molecule has 0 saturated heterocycles. The van der Waals surface area contributed by atoms with E-state index in [1.165, 1.54) is 11.1 Å². The maximum Gasteiger partial charge on any atom is 0.356 e. The summed E-state index contributed by atoms with van der Waals surface area (Å²) in [5.41, 5.74) is 7.65.